The maximum atomic E-state index is 13.1. The number of halogens is 1. The van der Waals surface area contributed by atoms with E-state index in [1.807, 2.05) is 12.1 Å². The van der Waals surface area contributed by atoms with Crippen LogP contribution in [0.5, 0.6) is 0 Å². The lowest BCUT2D eigenvalue weighted by Crippen LogP contribution is -2.48. The summed E-state index contributed by atoms with van der Waals surface area (Å²) in [5.74, 6) is 0.981. The van der Waals surface area contributed by atoms with Gasteiger partial charge in [0.05, 0.1) is 5.41 Å². The molecule has 0 radical (unpaired) electrons. The summed E-state index contributed by atoms with van der Waals surface area (Å²) in [6.45, 7) is 4.00. The minimum atomic E-state index is -0.479. The van der Waals surface area contributed by atoms with Crippen LogP contribution in [0.4, 0.5) is 0 Å². The molecule has 26 heavy (non-hydrogen) atoms. The van der Waals surface area contributed by atoms with Crippen LogP contribution in [0.1, 0.15) is 24.0 Å². The van der Waals surface area contributed by atoms with Crippen LogP contribution in [0.25, 0.3) is 0 Å². The highest BCUT2D eigenvalue weighted by Gasteiger charge is 2.41. The van der Waals surface area contributed by atoms with Crippen molar-refractivity contribution in [1.82, 2.24) is 5.32 Å². The molecule has 0 spiro atoms. The van der Waals surface area contributed by atoms with Crippen molar-refractivity contribution in [3.8, 4) is 0 Å². The van der Waals surface area contributed by atoms with Crippen LogP contribution in [0, 0.1) is 6.92 Å². The van der Waals surface area contributed by atoms with Gasteiger partial charge in [0.25, 0.3) is 0 Å². The molecule has 0 saturated carbocycles. The predicted octanol–water partition coefficient (Wildman–Crippen LogP) is 4.71. The average molecular weight is 434 g/mol. The van der Waals surface area contributed by atoms with Crippen LogP contribution in [-0.2, 0) is 14.9 Å². The van der Waals surface area contributed by atoms with E-state index in [1.54, 1.807) is 11.8 Å². The van der Waals surface area contributed by atoms with E-state index < -0.39 is 5.41 Å². The Morgan fingerprint density at radius 3 is 2.42 bits per heavy atom. The van der Waals surface area contributed by atoms with Crippen molar-refractivity contribution in [3.63, 3.8) is 0 Å². The predicted molar refractivity (Wildman–Crippen MR) is 111 cm³/mol. The third-order valence-electron chi connectivity index (χ3n) is 4.86. The molecule has 1 aliphatic heterocycles. The Bertz CT molecular complexity index is 725. The van der Waals surface area contributed by atoms with E-state index in [4.69, 9.17) is 4.74 Å². The Hall–Kier alpha value is -1.30. The van der Waals surface area contributed by atoms with Gasteiger partial charge in [-0.15, -0.1) is 11.8 Å². The molecule has 138 valence electrons. The van der Waals surface area contributed by atoms with E-state index in [1.165, 1.54) is 10.5 Å². The lowest BCUT2D eigenvalue weighted by Gasteiger charge is -2.36. The maximum Gasteiger partial charge on any atom is 0.230 e. The van der Waals surface area contributed by atoms with Crippen molar-refractivity contribution in [2.75, 3.05) is 25.5 Å². The summed E-state index contributed by atoms with van der Waals surface area (Å²) in [6, 6.07) is 16.6. The molecule has 0 bridgehead atoms. The standard InChI is InChI=1S/C21H24BrNO2S/c1-16-2-8-19(9-3-16)26-15-12-23-20(24)21(10-13-25-14-11-21)17-4-6-18(22)7-5-17/h2-9H,10-15H2,1H3,(H,23,24). The number of aryl methyl sites for hydroxylation is 1. The number of nitrogens with one attached hydrogen (secondary N) is 1. The highest BCUT2D eigenvalue weighted by atomic mass is 79.9. The summed E-state index contributed by atoms with van der Waals surface area (Å²) in [4.78, 5) is 14.3. The van der Waals surface area contributed by atoms with Gasteiger partial charge in [-0.05, 0) is 49.6 Å². The zero-order valence-corrected chi connectivity index (χ0v) is 17.4. The Morgan fingerprint density at radius 1 is 1.12 bits per heavy atom. The second-order valence-corrected chi connectivity index (χ2v) is 8.70. The number of benzene rings is 2. The van der Waals surface area contributed by atoms with Gasteiger partial charge in [-0.3, -0.25) is 4.79 Å². The van der Waals surface area contributed by atoms with E-state index in [9.17, 15) is 4.79 Å². The van der Waals surface area contributed by atoms with Gasteiger partial charge in [0.1, 0.15) is 0 Å². The fraction of sp³-hybridized carbons (Fsp3) is 0.381. The summed E-state index contributed by atoms with van der Waals surface area (Å²) in [6.07, 6.45) is 1.46. The summed E-state index contributed by atoms with van der Waals surface area (Å²) in [7, 11) is 0. The zero-order chi connectivity index (χ0) is 18.4. The number of carbonyl (C=O) groups excluding carboxylic acids is 1. The van der Waals surface area contributed by atoms with Crippen LogP contribution < -0.4 is 5.32 Å². The molecule has 0 aromatic heterocycles. The third kappa shape index (κ3) is 4.70. The average Bonchev–Trinajstić information content (AvgIpc) is 2.67. The minimum absolute atomic E-state index is 0.118. The molecule has 1 fully saturated rings. The smallest absolute Gasteiger partial charge is 0.230 e. The SMILES string of the molecule is Cc1ccc(SCCNC(=O)C2(c3ccc(Br)cc3)CCOCC2)cc1. The van der Waals surface area contributed by atoms with Crippen LogP contribution >= 0.6 is 27.7 Å². The second-order valence-electron chi connectivity index (χ2n) is 6.62. The van der Waals surface area contributed by atoms with E-state index in [0.29, 0.717) is 19.8 Å². The molecule has 1 saturated heterocycles. The number of thioether (sulfide) groups is 1. The van der Waals surface area contributed by atoms with Gasteiger partial charge in [0.15, 0.2) is 0 Å². The Kier molecular flexibility index (Phi) is 6.79. The van der Waals surface area contributed by atoms with Crippen molar-refractivity contribution in [3.05, 3.63) is 64.1 Å². The highest BCUT2D eigenvalue weighted by molar-refractivity contribution is 9.10. The third-order valence-corrected chi connectivity index (χ3v) is 6.40. The van der Waals surface area contributed by atoms with Gasteiger partial charge in [0.2, 0.25) is 5.91 Å². The molecule has 5 heteroatoms. The Morgan fingerprint density at radius 2 is 1.77 bits per heavy atom. The zero-order valence-electron chi connectivity index (χ0n) is 15.0. The molecule has 0 aliphatic carbocycles. The first kappa shape index (κ1) is 19.5. The number of hydrogen-bond donors (Lipinski definition) is 1. The lowest BCUT2D eigenvalue weighted by atomic mass is 9.73. The number of ether oxygens (including phenoxy) is 1. The van der Waals surface area contributed by atoms with Gasteiger partial charge in [-0.2, -0.15) is 0 Å². The minimum Gasteiger partial charge on any atom is -0.381 e. The molecule has 0 unspecified atom stereocenters. The normalized spacial score (nSPS) is 16.2. The van der Waals surface area contributed by atoms with E-state index in [2.05, 4.69) is 64.6 Å². The molecule has 2 aromatic carbocycles. The molecule has 1 amide bonds. The number of carbonyl (C=O) groups is 1. The molecule has 1 N–H and O–H groups in total. The topological polar surface area (TPSA) is 38.3 Å². The monoisotopic (exact) mass is 433 g/mol. The molecule has 1 aliphatic rings. The maximum absolute atomic E-state index is 13.1. The summed E-state index contributed by atoms with van der Waals surface area (Å²) >= 11 is 5.24. The van der Waals surface area contributed by atoms with Crippen LogP contribution in [0.2, 0.25) is 0 Å². The Labute approximate surface area is 168 Å². The number of rotatable bonds is 6. The van der Waals surface area contributed by atoms with Crippen LogP contribution in [0.3, 0.4) is 0 Å². The molecule has 2 aromatic rings. The first-order chi connectivity index (χ1) is 12.6. The van der Waals surface area contributed by atoms with Crippen molar-refractivity contribution in [2.24, 2.45) is 0 Å². The fourth-order valence-corrected chi connectivity index (χ4v) is 4.31. The first-order valence-electron chi connectivity index (χ1n) is 8.92. The summed E-state index contributed by atoms with van der Waals surface area (Å²) < 4.78 is 6.55. The number of amides is 1. The summed E-state index contributed by atoms with van der Waals surface area (Å²) in [5, 5.41) is 3.16. The largest absolute Gasteiger partial charge is 0.381 e. The number of hydrogen-bond acceptors (Lipinski definition) is 3. The molecular weight excluding hydrogens is 410 g/mol. The molecule has 0 atom stereocenters. The van der Waals surface area contributed by atoms with Crippen molar-refractivity contribution >= 4 is 33.6 Å². The Balaban J connectivity index is 1.61. The van der Waals surface area contributed by atoms with Crippen LogP contribution in [0.15, 0.2) is 57.9 Å². The van der Waals surface area contributed by atoms with Gasteiger partial charge in [-0.25, -0.2) is 0 Å². The van der Waals surface area contributed by atoms with E-state index in [0.717, 1.165) is 28.6 Å². The van der Waals surface area contributed by atoms with Crippen molar-refractivity contribution in [2.45, 2.75) is 30.1 Å². The van der Waals surface area contributed by atoms with Crippen LogP contribution in [-0.4, -0.2) is 31.4 Å². The van der Waals surface area contributed by atoms with Crippen molar-refractivity contribution in [1.29, 1.82) is 0 Å². The summed E-state index contributed by atoms with van der Waals surface area (Å²) in [5.41, 5.74) is 1.86. The van der Waals surface area contributed by atoms with Gasteiger partial charge >= 0.3 is 0 Å². The lowest BCUT2D eigenvalue weighted by molar-refractivity contribution is -0.130. The van der Waals surface area contributed by atoms with Gasteiger partial charge in [-0.1, -0.05) is 45.8 Å². The van der Waals surface area contributed by atoms with Gasteiger partial charge < -0.3 is 10.1 Å². The molecule has 3 nitrogen and oxygen atoms in total. The first-order valence-corrected chi connectivity index (χ1v) is 10.7. The molecule has 1 heterocycles. The van der Waals surface area contributed by atoms with Gasteiger partial charge in [0, 0.05) is 34.9 Å². The molecule has 3 rings (SSSR count). The van der Waals surface area contributed by atoms with E-state index in [-0.39, 0.29) is 5.91 Å². The fourth-order valence-electron chi connectivity index (χ4n) is 3.27. The quantitative estimate of drug-likeness (QED) is 0.529. The highest BCUT2D eigenvalue weighted by Crippen LogP contribution is 2.35. The second kappa shape index (κ2) is 9.07. The van der Waals surface area contributed by atoms with Crippen molar-refractivity contribution < 1.29 is 9.53 Å². The molecular formula is C21H24BrNO2S. The van der Waals surface area contributed by atoms with E-state index >= 15 is 0 Å².